The van der Waals surface area contributed by atoms with Gasteiger partial charge in [0.25, 0.3) is 0 Å². The number of furan rings is 1. The minimum absolute atomic E-state index is 0.117. The second-order valence-corrected chi connectivity index (χ2v) is 5.67. The van der Waals surface area contributed by atoms with Gasteiger partial charge in [-0.1, -0.05) is 36.4 Å². The summed E-state index contributed by atoms with van der Waals surface area (Å²) in [4.78, 5) is 1.41. The Hall–Kier alpha value is -1.84. The topological polar surface area (TPSA) is 25.2 Å². The lowest BCUT2D eigenvalue weighted by molar-refractivity contribution is 0.448. The van der Waals surface area contributed by atoms with Gasteiger partial charge < -0.3 is 9.73 Å². The molecular weight excluding hydrogens is 266 g/mol. The summed E-state index contributed by atoms with van der Waals surface area (Å²) in [6.07, 6.45) is 2.77. The van der Waals surface area contributed by atoms with Crippen LogP contribution < -0.4 is 5.32 Å². The third-order valence-corrected chi connectivity index (χ3v) is 4.20. The Morgan fingerprint density at radius 3 is 2.60 bits per heavy atom. The van der Waals surface area contributed by atoms with Gasteiger partial charge in [-0.15, -0.1) is 11.3 Å². The van der Waals surface area contributed by atoms with Crippen molar-refractivity contribution >= 4 is 11.3 Å². The van der Waals surface area contributed by atoms with Crippen LogP contribution in [0, 0.1) is 0 Å². The molecule has 2 aromatic heterocycles. The lowest BCUT2D eigenvalue weighted by Crippen LogP contribution is -2.24. The lowest BCUT2D eigenvalue weighted by atomic mass is 10.0. The molecule has 0 fully saturated rings. The first-order valence-electron chi connectivity index (χ1n) is 6.77. The zero-order valence-electron chi connectivity index (χ0n) is 11.2. The minimum Gasteiger partial charge on any atom is -0.467 e. The number of rotatable bonds is 6. The average Bonchev–Trinajstić information content (AvgIpc) is 3.18. The van der Waals surface area contributed by atoms with Crippen LogP contribution in [0.2, 0.25) is 0 Å². The number of nitrogens with one attached hydrogen (secondary N) is 1. The fourth-order valence-electron chi connectivity index (χ4n) is 2.28. The SMILES string of the molecule is c1ccc(C(NCCc2cccs2)c2ccco2)cc1. The van der Waals surface area contributed by atoms with Gasteiger partial charge in [0.2, 0.25) is 0 Å². The van der Waals surface area contributed by atoms with Gasteiger partial charge in [-0.05, 0) is 35.6 Å². The van der Waals surface area contributed by atoms with Crippen LogP contribution >= 0.6 is 11.3 Å². The van der Waals surface area contributed by atoms with Gasteiger partial charge in [0.1, 0.15) is 5.76 Å². The lowest BCUT2D eigenvalue weighted by Gasteiger charge is -2.17. The first kappa shape index (κ1) is 13.2. The summed E-state index contributed by atoms with van der Waals surface area (Å²) in [5, 5.41) is 5.71. The number of hydrogen-bond donors (Lipinski definition) is 1. The molecule has 2 heterocycles. The van der Waals surface area contributed by atoms with Crippen molar-refractivity contribution in [2.24, 2.45) is 0 Å². The Balaban J connectivity index is 1.70. The molecule has 0 saturated carbocycles. The van der Waals surface area contributed by atoms with Crippen LogP contribution in [0.25, 0.3) is 0 Å². The standard InChI is InChI=1S/C17H17NOS/c1-2-6-14(7-3-1)17(16-9-4-12-19-16)18-11-10-15-8-5-13-20-15/h1-9,12-13,17-18H,10-11H2. The van der Waals surface area contributed by atoms with Crippen LogP contribution in [-0.4, -0.2) is 6.54 Å². The highest BCUT2D eigenvalue weighted by molar-refractivity contribution is 7.09. The molecule has 1 aromatic carbocycles. The largest absolute Gasteiger partial charge is 0.467 e. The monoisotopic (exact) mass is 283 g/mol. The van der Waals surface area contributed by atoms with E-state index in [1.165, 1.54) is 10.4 Å². The Kier molecular flexibility index (Phi) is 4.31. The van der Waals surface area contributed by atoms with Crippen LogP contribution in [0.1, 0.15) is 22.2 Å². The van der Waals surface area contributed by atoms with E-state index in [0.717, 1.165) is 18.7 Å². The first-order chi connectivity index (χ1) is 9.93. The van der Waals surface area contributed by atoms with Crippen molar-refractivity contribution in [3.05, 3.63) is 82.4 Å². The Bertz CT molecular complexity index is 602. The Labute approximate surface area is 123 Å². The van der Waals surface area contributed by atoms with Crippen molar-refractivity contribution in [2.45, 2.75) is 12.5 Å². The maximum Gasteiger partial charge on any atom is 0.125 e. The quantitative estimate of drug-likeness (QED) is 0.731. The molecule has 1 N–H and O–H groups in total. The van der Waals surface area contributed by atoms with E-state index in [2.05, 4.69) is 47.1 Å². The van der Waals surface area contributed by atoms with Gasteiger partial charge in [0, 0.05) is 11.4 Å². The third-order valence-electron chi connectivity index (χ3n) is 3.26. The van der Waals surface area contributed by atoms with Gasteiger partial charge in [-0.25, -0.2) is 0 Å². The van der Waals surface area contributed by atoms with Crippen LogP contribution in [0.4, 0.5) is 0 Å². The number of hydrogen-bond acceptors (Lipinski definition) is 3. The van der Waals surface area contributed by atoms with Gasteiger partial charge in [0.05, 0.1) is 12.3 Å². The smallest absolute Gasteiger partial charge is 0.125 e. The predicted octanol–water partition coefficient (Wildman–Crippen LogP) is 4.26. The molecule has 0 amide bonds. The van der Waals surface area contributed by atoms with Gasteiger partial charge in [-0.2, -0.15) is 0 Å². The molecule has 1 unspecified atom stereocenters. The summed E-state index contributed by atoms with van der Waals surface area (Å²) in [5.74, 6) is 0.961. The summed E-state index contributed by atoms with van der Waals surface area (Å²) in [6.45, 7) is 0.931. The van der Waals surface area contributed by atoms with E-state index in [1.807, 2.05) is 18.2 Å². The van der Waals surface area contributed by atoms with E-state index < -0.39 is 0 Å². The van der Waals surface area contributed by atoms with E-state index in [-0.39, 0.29) is 6.04 Å². The van der Waals surface area contributed by atoms with Crippen molar-refractivity contribution in [3.8, 4) is 0 Å². The summed E-state index contributed by atoms with van der Waals surface area (Å²) >= 11 is 1.80. The van der Waals surface area contributed by atoms with Crippen molar-refractivity contribution < 1.29 is 4.42 Å². The average molecular weight is 283 g/mol. The molecule has 0 spiro atoms. The predicted molar refractivity (Wildman–Crippen MR) is 83.0 cm³/mol. The highest BCUT2D eigenvalue weighted by atomic mass is 32.1. The molecule has 0 aliphatic carbocycles. The zero-order valence-corrected chi connectivity index (χ0v) is 12.0. The Morgan fingerprint density at radius 1 is 1.00 bits per heavy atom. The summed E-state index contributed by atoms with van der Waals surface area (Å²) in [7, 11) is 0. The second kappa shape index (κ2) is 6.55. The highest BCUT2D eigenvalue weighted by Crippen LogP contribution is 2.22. The maximum absolute atomic E-state index is 5.58. The first-order valence-corrected chi connectivity index (χ1v) is 7.65. The normalized spacial score (nSPS) is 12.4. The van der Waals surface area contributed by atoms with E-state index >= 15 is 0 Å². The van der Waals surface area contributed by atoms with Crippen molar-refractivity contribution in [2.75, 3.05) is 6.54 Å². The maximum atomic E-state index is 5.58. The van der Waals surface area contributed by atoms with Crippen LogP contribution in [0.5, 0.6) is 0 Å². The van der Waals surface area contributed by atoms with Crippen LogP contribution in [0.3, 0.4) is 0 Å². The van der Waals surface area contributed by atoms with Crippen molar-refractivity contribution in [1.82, 2.24) is 5.32 Å². The third kappa shape index (κ3) is 3.18. The minimum atomic E-state index is 0.117. The van der Waals surface area contributed by atoms with Gasteiger partial charge in [0.15, 0.2) is 0 Å². The molecule has 3 rings (SSSR count). The van der Waals surface area contributed by atoms with Crippen molar-refractivity contribution in [3.63, 3.8) is 0 Å². The molecule has 20 heavy (non-hydrogen) atoms. The highest BCUT2D eigenvalue weighted by Gasteiger charge is 2.15. The summed E-state index contributed by atoms with van der Waals surface area (Å²) < 4.78 is 5.58. The molecule has 0 aliphatic rings. The molecule has 1 atom stereocenters. The van der Waals surface area contributed by atoms with Gasteiger partial charge >= 0.3 is 0 Å². The summed E-state index contributed by atoms with van der Waals surface area (Å²) in [6, 6.07) is 18.8. The number of benzene rings is 1. The zero-order chi connectivity index (χ0) is 13.6. The molecule has 0 aliphatic heterocycles. The number of thiophene rings is 1. The van der Waals surface area contributed by atoms with E-state index in [4.69, 9.17) is 4.42 Å². The molecule has 3 aromatic rings. The van der Waals surface area contributed by atoms with Gasteiger partial charge in [-0.3, -0.25) is 0 Å². The van der Waals surface area contributed by atoms with Crippen LogP contribution in [-0.2, 0) is 6.42 Å². The summed E-state index contributed by atoms with van der Waals surface area (Å²) in [5.41, 5.74) is 1.23. The fourth-order valence-corrected chi connectivity index (χ4v) is 2.99. The molecule has 0 saturated heterocycles. The molecule has 2 nitrogen and oxygen atoms in total. The molecule has 3 heteroatoms. The van der Waals surface area contributed by atoms with Crippen LogP contribution in [0.15, 0.2) is 70.7 Å². The van der Waals surface area contributed by atoms with E-state index in [9.17, 15) is 0 Å². The van der Waals surface area contributed by atoms with Crippen molar-refractivity contribution in [1.29, 1.82) is 0 Å². The second-order valence-electron chi connectivity index (χ2n) is 4.64. The molecule has 0 bridgehead atoms. The Morgan fingerprint density at radius 2 is 1.90 bits per heavy atom. The van der Waals surface area contributed by atoms with E-state index in [1.54, 1.807) is 17.6 Å². The molecule has 0 radical (unpaired) electrons. The fraction of sp³-hybridized carbons (Fsp3) is 0.176. The molecule has 102 valence electrons. The van der Waals surface area contributed by atoms with E-state index in [0.29, 0.717) is 0 Å². The molecular formula is C17H17NOS.